The summed E-state index contributed by atoms with van der Waals surface area (Å²) in [6.07, 6.45) is 2.22. The van der Waals surface area contributed by atoms with Crippen LogP contribution >= 0.6 is 0 Å². The highest BCUT2D eigenvalue weighted by molar-refractivity contribution is 6.74. The number of rotatable bonds is 6. The van der Waals surface area contributed by atoms with E-state index in [1.54, 1.807) is 16.7 Å². The van der Waals surface area contributed by atoms with E-state index in [1.165, 1.54) is 0 Å². The Labute approximate surface area is 215 Å². The summed E-state index contributed by atoms with van der Waals surface area (Å²) in [6.45, 7) is 18.3. The van der Waals surface area contributed by atoms with Crippen molar-refractivity contribution in [3.05, 3.63) is 41.2 Å². The van der Waals surface area contributed by atoms with Gasteiger partial charge in [-0.3, -0.25) is 0 Å². The first kappa shape index (κ1) is 27.9. The quantitative estimate of drug-likeness (QED) is 0.492. The second-order valence-corrected chi connectivity index (χ2v) is 16.6. The number of carbonyl (C=O) groups excluding carboxylic acids is 1. The second-order valence-electron chi connectivity index (χ2n) is 11.8. The van der Waals surface area contributed by atoms with Crippen LogP contribution in [0.3, 0.4) is 0 Å². The van der Waals surface area contributed by atoms with E-state index >= 15 is 0 Å². The lowest BCUT2D eigenvalue weighted by molar-refractivity contribution is 0.0197. The van der Waals surface area contributed by atoms with Crippen molar-refractivity contribution in [1.82, 2.24) is 25.1 Å². The predicted molar refractivity (Wildman–Crippen MR) is 142 cm³/mol. The van der Waals surface area contributed by atoms with Gasteiger partial charge < -0.3 is 18.8 Å². The van der Waals surface area contributed by atoms with E-state index in [0.717, 1.165) is 16.9 Å². The van der Waals surface area contributed by atoms with Gasteiger partial charge in [0, 0.05) is 13.1 Å². The Balaban J connectivity index is 1.89. The van der Waals surface area contributed by atoms with Gasteiger partial charge in [0.25, 0.3) is 0 Å². The fourth-order valence-corrected chi connectivity index (χ4v) is 4.98. The van der Waals surface area contributed by atoms with Crippen molar-refractivity contribution in [2.45, 2.75) is 84.3 Å². The summed E-state index contributed by atoms with van der Waals surface area (Å²) in [7, 11) is -0.406. The minimum Gasteiger partial charge on any atom is -0.497 e. The third kappa shape index (κ3) is 7.16. The highest BCUT2D eigenvalue weighted by Gasteiger charge is 2.41. The molecule has 1 amide bonds. The van der Waals surface area contributed by atoms with Crippen LogP contribution in [-0.2, 0) is 15.7 Å². The summed E-state index contributed by atoms with van der Waals surface area (Å²) >= 11 is 0. The molecule has 9 nitrogen and oxygen atoms in total. The molecular formula is C26H41N5O4Si. The van der Waals surface area contributed by atoms with E-state index in [-0.39, 0.29) is 17.2 Å². The number of piperidine rings is 1. The average Bonchev–Trinajstić information content (AvgIpc) is 3.19. The second kappa shape index (κ2) is 10.7. The van der Waals surface area contributed by atoms with Crippen LogP contribution in [0.5, 0.6) is 5.75 Å². The van der Waals surface area contributed by atoms with Crippen LogP contribution in [0.2, 0.25) is 18.1 Å². The Kier molecular flexibility index (Phi) is 8.29. The molecular weight excluding hydrogens is 474 g/mol. The van der Waals surface area contributed by atoms with E-state index in [9.17, 15) is 4.79 Å². The van der Waals surface area contributed by atoms with Crippen LogP contribution in [-0.4, -0.2) is 71.4 Å². The minimum atomic E-state index is -2.05. The first-order valence-corrected chi connectivity index (χ1v) is 15.3. The first-order chi connectivity index (χ1) is 16.7. The molecule has 0 saturated carbocycles. The van der Waals surface area contributed by atoms with Gasteiger partial charge in [0.2, 0.25) is 0 Å². The summed E-state index contributed by atoms with van der Waals surface area (Å²) in [5.41, 5.74) is 1.47. The van der Waals surface area contributed by atoms with Crippen molar-refractivity contribution in [3.63, 3.8) is 0 Å². The lowest BCUT2D eigenvalue weighted by Crippen LogP contribution is -2.50. The zero-order valence-corrected chi connectivity index (χ0v) is 24.2. The normalized spacial score (nSPS) is 18.4. The van der Waals surface area contributed by atoms with Gasteiger partial charge in [-0.15, -0.1) is 5.10 Å². The Hall–Kier alpha value is -2.72. The lowest BCUT2D eigenvalue weighted by Gasteiger charge is -2.43. The molecule has 10 heteroatoms. The smallest absolute Gasteiger partial charge is 0.410 e. The van der Waals surface area contributed by atoms with Crippen LogP contribution in [0.4, 0.5) is 4.79 Å². The zero-order valence-electron chi connectivity index (χ0n) is 23.2. The maximum absolute atomic E-state index is 12.9. The van der Waals surface area contributed by atoms with Gasteiger partial charge in [0.1, 0.15) is 11.4 Å². The molecule has 3 rings (SSSR count). The van der Waals surface area contributed by atoms with E-state index in [0.29, 0.717) is 31.9 Å². The molecule has 1 aromatic heterocycles. The molecule has 1 unspecified atom stereocenters. The largest absolute Gasteiger partial charge is 0.497 e. The number of tetrazole rings is 1. The molecule has 1 saturated heterocycles. The van der Waals surface area contributed by atoms with Gasteiger partial charge in [-0.1, -0.05) is 32.9 Å². The van der Waals surface area contributed by atoms with E-state index in [2.05, 4.69) is 49.4 Å². The van der Waals surface area contributed by atoms with Gasteiger partial charge in [0.05, 0.1) is 19.8 Å². The number of benzene rings is 1. The fourth-order valence-electron chi connectivity index (χ4n) is 3.64. The molecule has 2 heterocycles. The van der Waals surface area contributed by atoms with Crippen molar-refractivity contribution in [3.8, 4) is 5.75 Å². The van der Waals surface area contributed by atoms with Gasteiger partial charge in [-0.25, -0.2) is 9.48 Å². The predicted octanol–water partition coefficient (Wildman–Crippen LogP) is 5.14. The number of methoxy groups -OCH3 is 1. The van der Waals surface area contributed by atoms with E-state index in [1.807, 2.05) is 51.1 Å². The van der Waals surface area contributed by atoms with Crippen LogP contribution in [0, 0.1) is 0 Å². The van der Waals surface area contributed by atoms with Gasteiger partial charge >= 0.3 is 6.09 Å². The Bertz CT molecular complexity index is 1070. The van der Waals surface area contributed by atoms with Crippen molar-refractivity contribution in [2.75, 3.05) is 20.2 Å². The molecule has 198 valence electrons. The van der Waals surface area contributed by atoms with Crippen LogP contribution < -0.4 is 4.74 Å². The number of hydrogen-bond acceptors (Lipinski definition) is 7. The highest BCUT2D eigenvalue weighted by atomic mass is 28.4. The van der Waals surface area contributed by atoms with Gasteiger partial charge in [-0.2, -0.15) is 0 Å². The highest BCUT2D eigenvalue weighted by Crippen LogP contribution is 2.39. The monoisotopic (exact) mass is 515 g/mol. The molecule has 36 heavy (non-hydrogen) atoms. The van der Waals surface area contributed by atoms with Gasteiger partial charge in [-0.05, 0) is 85.1 Å². The number of hydrogen-bond donors (Lipinski definition) is 0. The van der Waals surface area contributed by atoms with E-state index in [4.69, 9.17) is 13.9 Å². The Morgan fingerprint density at radius 3 is 2.39 bits per heavy atom. The number of aromatic nitrogens is 4. The molecule has 1 fully saturated rings. The molecule has 2 aromatic rings. The molecule has 1 aliphatic rings. The standard InChI is InChI=1S/C26H41N5O4Si/c1-25(2,3)34-24(32)30-15-14-22(35-36(8,9)26(4,5)6)20(18-30)16-23-27-28-29-31(23)17-19-10-12-21(33-7)13-11-19/h10-13,16,22H,14-15,17-18H2,1-9H3/b20-16-. The number of amides is 1. The van der Waals surface area contributed by atoms with E-state index < -0.39 is 13.9 Å². The third-order valence-electron chi connectivity index (χ3n) is 6.71. The van der Waals surface area contributed by atoms with Crippen molar-refractivity contribution < 1.29 is 18.7 Å². The van der Waals surface area contributed by atoms with Crippen molar-refractivity contribution >= 4 is 20.5 Å². The fraction of sp³-hybridized carbons (Fsp3) is 0.615. The molecule has 0 bridgehead atoms. The van der Waals surface area contributed by atoms with Crippen LogP contribution in [0.25, 0.3) is 6.08 Å². The molecule has 1 aliphatic heterocycles. The third-order valence-corrected chi connectivity index (χ3v) is 11.2. The zero-order chi connectivity index (χ0) is 26.7. The maximum atomic E-state index is 12.9. The average molecular weight is 516 g/mol. The number of likely N-dealkylation sites (tertiary alicyclic amines) is 1. The molecule has 0 radical (unpaired) electrons. The summed E-state index contributed by atoms with van der Waals surface area (Å²) in [4.78, 5) is 14.6. The van der Waals surface area contributed by atoms with Crippen molar-refractivity contribution in [1.29, 1.82) is 0 Å². The number of ether oxygens (including phenoxy) is 2. The van der Waals surface area contributed by atoms with Crippen molar-refractivity contribution in [2.24, 2.45) is 0 Å². The molecule has 0 N–H and O–H groups in total. The first-order valence-electron chi connectivity index (χ1n) is 12.4. The van der Waals surface area contributed by atoms with Gasteiger partial charge in [0.15, 0.2) is 14.1 Å². The molecule has 1 atom stereocenters. The molecule has 1 aromatic carbocycles. The summed E-state index contributed by atoms with van der Waals surface area (Å²) in [6, 6.07) is 7.82. The minimum absolute atomic E-state index is 0.0658. The SMILES string of the molecule is COc1ccc(Cn2nnnc2/C=C2/CN(C(=O)OC(C)(C)C)CCC2O[Si](C)(C)C(C)(C)C)cc1. The Morgan fingerprint density at radius 2 is 1.81 bits per heavy atom. The summed E-state index contributed by atoms with van der Waals surface area (Å²) < 4.78 is 19.5. The number of carbonyl (C=O) groups is 1. The maximum Gasteiger partial charge on any atom is 0.410 e. The summed E-state index contributed by atoms with van der Waals surface area (Å²) in [5, 5.41) is 12.5. The molecule has 0 aliphatic carbocycles. The number of nitrogens with zero attached hydrogens (tertiary/aromatic N) is 5. The summed E-state index contributed by atoms with van der Waals surface area (Å²) in [5.74, 6) is 1.42. The topological polar surface area (TPSA) is 91.6 Å². The van der Waals surface area contributed by atoms with Crippen LogP contribution in [0.1, 0.15) is 59.4 Å². The van der Waals surface area contributed by atoms with Crippen LogP contribution in [0.15, 0.2) is 29.8 Å². The Morgan fingerprint density at radius 1 is 1.14 bits per heavy atom. The molecule has 0 spiro atoms. The lowest BCUT2D eigenvalue weighted by atomic mass is 10.0.